The van der Waals surface area contributed by atoms with Crippen LogP contribution in [0.25, 0.3) is 10.8 Å². The molecule has 0 saturated carbocycles. The Hall–Kier alpha value is -5.03. The number of amides is 3. The molecule has 3 aliphatic heterocycles. The number of nitrogens with zero attached hydrogens (tertiary/aromatic N) is 4. The van der Waals surface area contributed by atoms with Gasteiger partial charge in [0.05, 0.1) is 59.3 Å². The number of benzene rings is 3. The van der Waals surface area contributed by atoms with E-state index in [0.717, 1.165) is 10.5 Å². The van der Waals surface area contributed by atoms with Crippen LogP contribution in [0, 0.1) is 24.1 Å². The molecule has 4 heterocycles. The molecular formula is C35H32ClFN6O6. The van der Waals surface area contributed by atoms with E-state index in [1.54, 1.807) is 13.0 Å². The van der Waals surface area contributed by atoms with Gasteiger partial charge in [-0.15, -0.1) is 0 Å². The molecule has 0 bridgehead atoms. The summed E-state index contributed by atoms with van der Waals surface area (Å²) in [6.45, 7) is 5.21. The van der Waals surface area contributed by atoms with Gasteiger partial charge in [-0.1, -0.05) is 30.7 Å². The van der Waals surface area contributed by atoms with Crippen molar-refractivity contribution in [2.24, 2.45) is 0 Å². The predicted molar refractivity (Wildman–Crippen MR) is 178 cm³/mol. The molecule has 2 saturated heterocycles. The number of nitriles is 1. The maximum atomic E-state index is 14.3. The highest BCUT2D eigenvalue weighted by atomic mass is 35.5. The fourth-order valence-electron chi connectivity index (χ4n) is 6.93. The van der Waals surface area contributed by atoms with E-state index in [1.165, 1.54) is 23.1 Å². The zero-order valence-corrected chi connectivity index (χ0v) is 27.4. The first-order valence-electron chi connectivity index (χ1n) is 15.9. The largest absolute Gasteiger partial charge is 0.491 e. The Kier molecular flexibility index (Phi) is 8.70. The van der Waals surface area contributed by atoms with Crippen molar-refractivity contribution in [2.75, 3.05) is 43.2 Å². The number of anilines is 2. The van der Waals surface area contributed by atoms with Crippen molar-refractivity contribution in [1.82, 2.24) is 15.1 Å². The second-order valence-corrected chi connectivity index (χ2v) is 12.6. The van der Waals surface area contributed by atoms with Crippen LogP contribution in [0.2, 0.25) is 5.02 Å². The van der Waals surface area contributed by atoms with Crippen LogP contribution in [-0.2, 0) is 14.3 Å². The molecule has 3 amide bonds. The molecule has 2 N–H and O–H groups in total. The summed E-state index contributed by atoms with van der Waals surface area (Å²) in [4.78, 5) is 41.4. The fourth-order valence-corrected chi connectivity index (χ4v) is 7.13. The van der Waals surface area contributed by atoms with Gasteiger partial charge in [-0.2, -0.15) is 10.4 Å². The summed E-state index contributed by atoms with van der Waals surface area (Å²) in [5, 5.41) is 20.5. The van der Waals surface area contributed by atoms with E-state index in [2.05, 4.69) is 15.5 Å². The third-order valence-electron chi connectivity index (χ3n) is 9.39. The smallest absolute Gasteiger partial charge is 0.332 e. The van der Waals surface area contributed by atoms with Crippen molar-refractivity contribution in [3.8, 4) is 11.8 Å². The zero-order valence-electron chi connectivity index (χ0n) is 26.7. The van der Waals surface area contributed by atoms with Gasteiger partial charge in [0.2, 0.25) is 0 Å². The number of imide groups is 1. The Bertz CT molecular complexity index is 2070. The van der Waals surface area contributed by atoms with Crippen LogP contribution in [0.3, 0.4) is 0 Å². The lowest BCUT2D eigenvalue weighted by Crippen LogP contribution is -2.38. The van der Waals surface area contributed by atoms with Crippen LogP contribution >= 0.6 is 11.6 Å². The normalized spacial score (nSPS) is 21.2. The Morgan fingerprint density at radius 2 is 1.86 bits per heavy atom. The van der Waals surface area contributed by atoms with Gasteiger partial charge in [0.1, 0.15) is 30.3 Å². The number of carbonyl (C=O) groups is 2. The Balaban J connectivity index is 0.873. The number of H-pyrrole nitrogens is 1. The molecule has 1 aromatic heterocycles. The summed E-state index contributed by atoms with van der Waals surface area (Å²) >= 11 is 6.30. The Morgan fingerprint density at radius 1 is 1.08 bits per heavy atom. The lowest BCUT2D eigenvalue weighted by atomic mass is 9.85. The molecule has 0 spiro atoms. The number of aromatic nitrogens is 2. The lowest BCUT2D eigenvalue weighted by molar-refractivity contribution is -0.122. The highest BCUT2D eigenvalue weighted by Gasteiger charge is 2.53. The van der Waals surface area contributed by atoms with Crippen molar-refractivity contribution < 1.29 is 28.2 Å². The minimum atomic E-state index is -0.732. The van der Waals surface area contributed by atoms with Crippen LogP contribution in [0.15, 0.2) is 53.3 Å². The number of rotatable bonds is 10. The third-order valence-corrected chi connectivity index (χ3v) is 9.88. The molecule has 3 aliphatic rings. The molecular weight excluding hydrogens is 655 g/mol. The Morgan fingerprint density at radius 3 is 2.63 bits per heavy atom. The fraction of sp³-hybridized carbons (Fsp3) is 0.343. The van der Waals surface area contributed by atoms with Crippen molar-refractivity contribution in [2.45, 2.75) is 44.4 Å². The van der Waals surface area contributed by atoms with E-state index < -0.39 is 29.6 Å². The lowest BCUT2D eigenvalue weighted by Gasteiger charge is -2.32. The number of halogens is 2. The molecule has 4 aromatic rings. The average Bonchev–Trinajstić information content (AvgIpc) is 3.63. The first-order chi connectivity index (χ1) is 23.7. The van der Waals surface area contributed by atoms with Gasteiger partial charge in [0.15, 0.2) is 0 Å². The standard InChI is InChI=1S/C35H32ClFN6O6/c1-18-26(8-5-21(17-38)29(18)36)43-34(45)32-27(9-10-42(32)35(43)46)49-14-12-47-11-13-48-23-6-3-20(4-7-23)30-19(2)31-28-24(33(44)41-40-31)15-22(37)16-25(28)39-30/h3-8,15-16,19,27,30,32,39H,9-14H2,1-2H3,(H,41,44)/t19-,27-,30+,32+/m1/s1. The van der Waals surface area contributed by atoms with Gasteiger partial charge in [-0.3, -0.25) is 9.59 Å². The first kappa shape index (κ1) is 32.5. The molecule has 3 aromatic carbocycles. The summed E-state index contributed by atoms with van der Waals surface area (Å²) < 4.78 is 31.8. The van der Waals surface area contributed by atoms with E-state index in [-0.39, 0.29) is 47.1 Å². The second kappa shape index (κ2) is 13.1. The maximum absolute atomic E-state index is 14.3. The van der Waals surface area contributed by atoms with Gasteiger partial charge in [-0.05, 0) is 60.9 Å². The quantitative estimate of drug-likeness (QED) is 0.170. The molecule has 0 aliphatic carbocycles. The molecule has 12 nitrogen and oxygen atoms in total. The van der Waals surface area contributed by atoms with Crippen LogP contribution in [-0.4, -0.2) is 72.2 Å². The minimum absolute atomic E-state index is 0.0935. The molecule has 7 rings (SSSR count). The maximum Gasteiger partial charge on any atom is 0.332 e. The third kappa shape index (κ3) is 5.75. The number of urea groups is 1. The van der Waals surface area contributed by atoms with Crippen molar-refractivity contribution in [3.63, 3.8) is 0 Å². The summed E-state index contributed by atoms with van der Waals surface area (Å²) in [5.41, 5.74) is 2.89. The molecule has 0 radical (unpaired) electrons. The average molecular weight is 687 g/mol. The molecule has 252 valence electrons. The summed E-state index contributed by atoms with van der Waals surface area (Å²) in [7, 11) is 0. The van der Waals surface area contributed by atoms with Gasteiger partial charge >= 0.3 is 6.03 Å². The minimum Gasteiger partial charge on any atom is -0.491 e. The zero-order chi connectivity index (χ0) is 34.4. The van der Waals surface area contributed by atoms with Crippen molar-refractivity contribution in [1.29, 1.82) is 5.26 Å². The number of nitrogens with one attached hydrogen (secondary N) is 2. The molecule has 49 heavy (non-hydrogen) atoms. The highest BCUT2D eigenvalue weighted by Crippen LogP contribution is 2.43. The monoisotopic (exact) mass is 686 g/mol. The van der Waals surface area contributed by atoms with E-state index in [4.69, 9.17) is 25.8 Å². The molecule has 14 heteroatoms. The number of hydrogen-bond donors (Lipinski definition) is 2. The first-order valence-corrected chi connectivity index (χ1v) is 16.3. The van der Waals surface area contributed by atoms with Gasteiger partial charge < -0.3 is 24.4 Å². The summed E-state index contributed by atoms with van der Waals surface area (Å²) in [6.07, 6.45) is 0.0702. The topological polar surface area (TPSA) is 150 Å². The van der Waals surface area contributed by atoms with E-state index >= 15 is 0 Å². The van der Waals surface area contributed by atoms with Gasteiger partial charge in [0, 0.05) is 23.5 Å². The van der Waals surface area contributed by atoms with Crippen LogP contribution < -0.4 is 20.5 Å². The number of hydrogen-bond acceptors (Lipinski definition) is 9. The number of aromatic amines is 1. The predicted octanol–water partition coefficient (Wildman–Crippen LogP) is 5.19. The number of carbonyl (C=O) groups excluding carboxylic acids is 2. The molecule has 2 fully saturated rings. The number of ether oxygens (including phenoxy) is 3. The summed E-state index contributed by atoms with van der Waals surface area (Å²) in [5.74, 6) is -0.317. The van der Waals surface area contributed by atoms with Crippen molar-refractivity contribution >= 4 is 45.7 Å². The van der Waals surface area contributed by atoms with Gasteiger partial charge in [-0.25, -0.2) is 19.2 Å². The molecule has 0 unspecified atom stereocenters. The highest BCUT2D eigenvalue weighted by molar-refractivity contribution is 6.33. The van der Waals surface area contributed by atoms with Gasteiger partial charge in [0.25, 0.3) is 11.5 Å². The molecule has 4 atom stereocenters. The van der Waals surface area contributed by atoms with E-state index in [9.17, 15) is 24.0 Å². The van der Waals surface area contributed by atoms with E-state index in [0.29, 0.717) is 59.9 Å². The van der Waals surface area contributed by atoms with Crippen LogP contribution in [0.5, 0.6) is 5.75 Å². The number of fused-ring (bicyclic) bond motifs is 1. The Labute approximate surface area is 285 Å². The van der Waals surface area contributed by atoms with Crippen LogP contribution in [0.1, 0.15) is 47.7 Å². The van der Waals surface area contributed by atoms with Crippen molar-refractivity contribution in [3.05, 3.63) is 92.1 Å². The SMILES string of the molecule is Cc1c(N2C(=O)[C@@H]3[C@H](OCCOCCOc4ccc([C@H]5Nc6cc(F)cc7c(=O)[nH]nc(c67)[C@@H]5C)cc4)CCN3C2=O)ccc(C#N)c1Cl. The summed E-state index contributed by atoms with van der Waals surface area (Å²) in [6, 6.07) is 13.9. The van der Waals surface area contributed by atoms with Crippen LogP contribution in [0.4, 0.5) is 20.6 Å². The van der Waals surface area contributed by atoms with E-state index in [1.807, 2.05) is 37.3 Å². The second-order valence-electron chi connectivity index (χ2n) is 12.2.